The number of piperidine rings is 1. The molecule has 0 aromatic rings. The zero-order chi connectivity index (χ0) is 8.10. The summed E-state index contributed by atoms with van der Waals surface area (Å²) in [5.41, 5.74) is 0. The summed E-state index contributed by atoms with van der Waals surface area (Å²) in [7, 11) is 1.77. The van der Waals surface area contributed by atoms with E-state index in [0.717, 1.165) is 19.1 Å². The van der Waals surface area contributed by atoms with Crippen LogP contribution < -0.4 is 0 Å². The molecule has 1 aliphatic rings. The van der Waals surface area contributed by atoms with Gasteiger partial charge in [-0.3, -0.25) is 0 Å². The van der Waals surface area contributed by atoms with Gasteiger partial charge in [-0.15, -0.1) is 0 Å². The van der Waals surface area contributed by atoms with E-state index < -0.39 is 0 Å². The van der Waals surface area contributed by atoms with Crippen LogP contribution in [0.4, 0.5) is 0 Å². The molecule has 0 unspecified atom stereocenters. The van der Waals surface area contributed by atoms with Crippen molar-refractivity contribution in [3.63, 3.8) is 0 Å². The molecular weight excluding hydrogens is 138 g/mol. The Labute approximate surface area is 69.5 Å². The molecule has 1 saturated heterocycles. The lowest BCUT2D eigenvalue weighted by Gasteiger charge is -2.29. The van der Waals surface area contributed by atoms with Crippen molar-refractivity contribution in [2.24, 2.45) is 5.92 Å². The summed E-state index contributed by atoms with van der Waals surface area (Å²) in [6.45, 7) is 6.88. The molecule has 0 aromatic carbocycles. The number of hydrogen-bond donors (Lipinski definition) is 0. The maximum Gasteiger partial charge on any atom is 0.0589 e. The van der Waals surface area contributed by atoms with E-state index in [1.165, 1.54) is 25.9 Å². The number of hydrogen-bond acceptors (Lipinski definition) is 2. The highest BCUT2D eigenvalue weighted by molar-refractivity contribution is 4.68. The molecule has 0 N–H and O–H groups in total. The fraction of sp³-hybridized carbons (Fsp3) is 1.00. The van der Waals surface area contributed by atoms with Crippen LogP contribution in [0, 0.1) is 5.92 Å². The summed E-state index contributed by atoms with van der Waals surface area (Å²) in [6, 6.07) is 0. The van der Waals surface area contributed by atoms with Crippen LogP contribution in [0.3, 0.4) is 0 Å². The van der Waals surface area contributed by atoms with E-state index in [1.54, 1.807) is 7.11 Å². The molecule has 66 valence electrons. The highest BCUT2D eigenvalue weighted by Gasteiger charge is 2.14. The molecule has 0 spiro atoms. The van der Waals surface area contributed by atoms with E-state index in [2.05, 4.69) is 11.8 Å². The molecule has 0 aliphatic carbocycles. The summed E-state index contributed by atoms with van der Waals surface area (Å²) in [6.07, 6.45) is 2.73. The third-order valence-corrected chi connectivity index (χ3v) is 2.49. The smallest absolute Gasteiger partial charge is 0.0589 e. The van der Waals surface area contributed by atoms with Crippen molar-refractivity contribution < 1.29 is 4.74 Å². The summed E-state index contributed by atoms with van der Waals surface area (Å²) in [5, 5.41) is 0. The maximum atomic E-state index is 5.03. The molecule has 1 heterocycles. The van der Waals surface area contributed by atoms with Gasteiger partial charge in [0.25, 0.3) is 0 Å². The van der Waals surface area contributed by atoms with Gasteiger partial charge < -0.3 is 9.64 Å². The molecule has 0 atom stereocenters. The summed E-state index contributed by atoms with van der Waals surface area (Å²) in [5.74, 6) is 0.939. The van der Waals surface area contributed by atoms with E-state index in [4.69, 9.17) is 4.74 Å². The largest absolute Gasteiger partial charge is 0.383 e. The van der Waals surface area contributed by atoms with Crippen molar-refractivity contribution in [3.8, 4) is 0 Å². The topological polar surface area (TPSA) is 12.5 Å². The van der Waals surface area contributed by atoms with Crippen LogP contribution in [0.2, 0.25) is 0 Å². The van der Waals surface area contributed by atoms with Gasteiger partial charge in [-0.1, -0.05) is 6.92 Å². The molecule has 0 bridgehead atoms. The third-order valence-electron chi connectivity index (χ3n) is 2.49. The highest BCUT2D eigenvalue weighted by Crippen LogP contribution is 2.15. The zero-order valence-electron chi connectivity index (χ0n) is 7.68. The second-order valence-corrected chi connectivity index (χ2v) is 3.52. The first-order valence-electron chi connectivity index (χ1n) is 4.54. The average molecular weight is 157 g/mol. The van der Waals surface area contributed by atoms with E-state index in [1.807, 2.05) is 0 Å². The van der Waals surface area contributed by atoms with Crippen LogP contribution in [-0.2, 0) is 4.74 Å². The normalized spacial score (nSPS) is 22.4. The van der Waals surface area contributed by atoms with Gasteiger partial charge in [-0.2, -0.15) is 0 Å². The lowest BCUT2D eigenvalue weighted by molar-refractivity contribution is 0.123. The predicted molar refractivity (Wildman–Crippen MR) is 46.7 cm³/mol. The van der Waals surface area contributed by atoms with Crippen LogP contribution in [0.15, 0.2) is 0 Å². The molecule has 2 heteroatoms. The quantitative estimate of drug-likeness (QED) is 0.613. The Balaban J connectivity index is 2.07. The molecule has 11 heavy (non-hydrogen) atoms. The van der Waals surface area contributed by atoms with Crippen molar-refractivity contribution in [1.29, 1.82) is 0 Å². The standard InChI is InChI=1S/C9H19NO/c1-9-3-5-10(6-4-9)7-8-11-2/h9H,3-8H2,1-2H3. The number of ether oxygens (including phenoxy) is 1. The minimum Gasteiger partial charge on any atom is -0.383 e. The van der Waals surface area contributed by atoms with Crippen LogP contribution in [0.1, 0.15) is 19.8 Å². The lowest BCUT2D eigenvalue weighted by Crippen LogP contribution is -2.35. The van der Waals surface area contributed by atoms with Gasteiger partial charge in [0, 0.05) is 13.7 Å². The second kappa shape index (κ2) is 4.73. The van der Waals surface area contributed by atoms with Gasteiger partial charge in [0.05, 0.1) is 6.61 Å². The molecule has 0 amide bonds. The first kappa shape index (κ1) is 9.01. The van der Waals surface area contributed by atoms with E-state index in [9.17, 15) is 0 Å². The van der Waals surface area contributed by atoms with Gasteiger partial charge in [0.15, 0.2) is 0 Å². The predicted octanol–water partition coefficient (Wildman–Crippen LogP) is 1.36. The summed E-state index contributed by atoms with van der Waals surface area (Å²) >= 11 is 0. The van der Waals surface area contributed by atoms with Crippen LogP contribution in [0.25, 0.3) is 0 Å². The average Bonchev–Trinajstić information content (AvgIpc) is 2.04. The zero-order valence-corrected chi connectivity index (χ0v) is 7.68. The SMILES string of the molecule is COCCN1CCC(C)CC1. The van der Waals surface area contributed by atoms with Crippen molar-refractivity contribution in [3.05, 3.63) is 0 Å². The molecule has 0 aromatic heterocycles. The number of methoxy groups -OCH3 is 1. The van der Waals surface area contributed by atoms with Crippen molar-refractivity contribution in [2.75, 3.05) is 33.4 Å². The van der Waals surface area contributed by atoms with Gasteiger partial charge in [-0.25, -0.2) is 0 Å². The molecule has 0 radical (unpaired) electrons. The molecular formula is C9H19NO. The fourth-order valence-electron chi connectivity index (χ4n) is 1.51. The molecule has 1 rings (SSSR count). The molecule has 2 nitrogen and oxygen atoms in total. The van der Waals surface area contributed by atoms with Gasteiger partial charge in [-0.05, 0) is 31.8 Å². The fourth-order valence-corrected chi connectivity index (χ4v) is 1.51. The molecule has 1 fully saturated rings. The Bertz CT molecular complexity index is 95.0. The molecule has 0 saturated carbocycles. The Kier molecular flexibility index (Phi) is 3.87. The van der Waals surface area contributed by atoms with Gasteiger partial charge in [0.2, 0.25) is 0 Å². The Morgan fingerprint density at radius 3 is 2.55 bits per heavy atom. The van der Waals surface area contributed by atoms with Crippen LogP contribution >= 0.6 is 0 Å². The van der Waals surface area contributed by atoms with Crippen molar-refractivity contribution in [2.45, 2.75) is 19.8 Å². The first-order chi connectivity index (χ1) is 5.33. The minimum atomic E-state index is 0.883. The Morgan fingerprint density at radius 1 is 1.36 bits per heavy atom. The number of likely N-dealkylation sites (tertiary alicyclic amines) is 1. The lowest BCUT2D eigenvalue weighted by atomic mass is 9.99. The maximum absolute atomic E-state index is 5.03. The van der Waals surface area contributed by atoms with E-state index in [0.29, 0.717) is 0 Å². The summed E-state index contributed by atoms with van der Waals surface area (Å²) in [4.78, 5) is 2.49. The second-order valence-electron chi connectivity index (χ2n) is 3.52. The first-order valence-corrected chi connectivity index (χ1v) is 4.54. The van der Waals surface area contributed by atoms with E-state index >= 15 is 0 Å². The van der Waals surface area contributed by atoms with E-state index in [-0.39, 0.29) is 0 Å². The van der Waals surface area contributed by atoms with Crippen LogP contribution in [-0.4, -0.2) is 38.3 Å². The van der Waals surface area contributed by atoms with Crippen molar-refractivity contribution in [1.82, 2.24) is 4.90 Å². The molecule has 1 aliphatic heterocycles. The monoisotopic (exact) mass is 157 g/mol. The number of nitrogens with zero attached hydrogens (tertiary/aromatic N) is 1. The highest BCUT2D eigenvalue weighted by atomic mass is 16.5. The minimum absolute atomic E-state index is 0.883. The van der Waals surface area contributed by atoms with Gasteiger partial charge in [0.1, 0.15) is 0 Å². The Hall–Kier alpha value is -0.0800. The third kappa shape index (κ3) is 3.21. The summed E-state index contributed by atoms with van der Waals surface area (Å²) < 4.78 is 5.03. The number of rotatable bonds is 3. The van der Waals surface area contributed by atoms with Crippen molar-refractivity contribution >= 4 is 0 Å². The Morgan fingerprint density at radius 2 is 2.00 bits per heavy atom. The van der Waals surface area contributed by atoms with Crippen LogP contribution in [0.5, 0.6) is 0 Å². The van der Waals surface area contributed by atoms with Gasteiger partial charge >= 0.3 is 0 Å².